The summed E-state index contributed by atoms with van der Waals surface area (Å²) in [5.74, 6) is 0.876. The molecule has 0 spiro atoms. The van der Waals surface area contributed by atoms with E-state index in [0.29, 0.717) is 6.54 Å². The average molecular weight is 346 g/mol. The van der Waals surface area contributed by atoms with Crippen molar-refractivity contribution < 1.29 is 14.6 Å². The van der Waals surface area contributed by atoms with Crippen LogP contribution in [0.1, 0.15) is 24.6 Å². The largest absolute Gasteiger partial charge is 0.497 e. The van der Waals surface area contributed by atoms with Gasteiger partial charge in [-0.3, -0.25) is 4.90 Å². The van der Waals surface area contributed by atoms with Crippen molar-refractivity contribution in [3.63, 3.8) is 0 Å². The summed E-state index contributed by atoms with van der Waals surface area (Å²) in [6.45, 7) is 5.75. The Morgan fingerprint density at radius 1 is 1.20 bits per heavy atom. The van der Waals surface area contributed by atoms with Crippen molar-refractivity contribution in [3.05, 3.63) is 53.9 Å². The van der Waals surface area contributed by atoms with Gasteiger partial charge in [0, 0.05) is 51.8 Å². The highest BCUT2D eigenvalue weighted by atomic mass is 16.5. The summed E-state index contributed by atoms with van der Waals surface area (Å²) in [6, 6.07) is 12.4. The summed E-state index contributed by atoms with van der Waals surface area (Å²) in [5.41, 5.74) is 2.44. The number of methoxy groups -OCH3 is 2. The van der Waals surface area contributed by atoms with Crippen LogP contribution < -0.4 is 4.74 Å². The van der Waals surface area contributed by atoms with Crippen LogP contribution in [0.15, 0.2) is 42.6 Å². The van der Waals surface area contributed by atoms with E-state index in [1.165, 1.54) is 11.3 Å². The molecule has 0 bridgehead atoms. The monoisotopic (exact) mass is 346 g/mol. The molecule has 0 aliphatic heterocycles. The van der Waals surface area contributed by atoms with Crippen LogP contribution in [-0.4, -0.2) is 54.6 Å². The number of aliphatic hydroxyl groups excluding tert-OH is 1. The molecule has 0 fully saturated rings. The Bertz CT molecular complexity index is 625. The molecule has 1 N–H and O–H groups in total. The lowest BCUT2D eigenvalue weighted by atomic mass is 10.2. The molecular formula is C20H30N2O3. The Kier molecular flexibility index (Phi) is 7.98. The lowest BCUT2D eigenvalue weighted by Crippen LogP contribution is -2.32. The Labute approximate surface area is 150 Å². The molecule has 5 nitrogen and oxygen atoms in total. The van der Waals surface area contributed by atoms with Crippen LogP contribution in [0.2, 0.25) is 0 Å². The van der Waals surface area contributed by atoms with Crippen molar-refractivity contribution in [2.24, 2.45) is 0 Å². The van der Waals surface area contributed by atoms with Crippen LogP contribution in [-0.2, 0) is 17.8 Å². The molecule has 2 rings (SSSR count). The number of hydrogen-bond acceptors (Lipinski definition) is 4. The Hall–Kier alpha value is -1.82. The quantitative estimate of drug-likeness (QED) is 0.636. The first kappa shape index (κ1) is 19.5. The number of aliphatic hydroxyl groups is 1. The van der Waals surface area contributed by atoms with E-state index in [4.69, 9.17) is 9.47 Å². The lowest BCUT2D eigenvalue weighted by molar-refractivity contribution is 0.109. The third-order valence-corrected chi connectivity index (χ3v) is 4.14. The molecule has 5 heteroatoms. The highest BCUT2D eigenvalue weighted by Gasteiger charge is 2.12. The molecule has 1 atom stereocenters. The molecule has 0 aliphatic carbocycles. The topological polar surface area (TPSA) is 46.9 Å². The Morgan fingerprint density at radius 2 is 2.04 bits per heavy atom. The third-order valence-electron chi connectivity index (χ3n) is 4.14. The van der Waals surface area contributed by atoms with E-state index in [9.17, 15) is 5.11 Å². The van der Waals surface area contributed by atoms with Gasteiger partial charge in [0.25, 0.3) is 0 Å². The number of ether oxygens (including phenoxy) is 2. The molecule has 0 radical (unpaired) electrons. The van der Waals surface area contributed by atoms with Crippen molar-refractivity contribution in [3.8, 4) is 5.75 Å². The van der Waals surface area contributed by atoms with Gasteiger partial charge in [-0.25, -0.2) is 0 Å². The fourth-order valence-corrected chi connectivity index (χ4v) is 2.98. The fraction of sp³-hybridized carbons (Fsp3) is 0.500. The summed E-state index contributed by atoms with van der Waals surface area (Å²) in [4.78, 5) is 2.28. The SMILES string of the molecule is COCCCN(Cc1cccn1Cc1cccc(OC)c1)CC(C)O. The van der Waals surface area contributed by atoms with Gasteiger partial charge in [-0.1, -0.05) is 12.1 Å². The van der Waals surface area contributed by atoms with Crippen molar-refractivity contribution in [2.45, 2.75) is 32.5 Å². The maximum absolute atomic E-state index is 9.78. The number of hydrogen-bond donors (Lipinski definition) is 1. The fourth-order valence-electron chi connectivity index (χ4n) is 2.98. The molecular weight excluding hydrogens is 316 g/mol. The predicted molar refractivity (Wildman–Crippen MR) is 100.0 cm³/mol. The van der Waals surface area contributed by atoms with Crippen molar-refractivity contribution in [1.82, 2.24) is 9.47 Å². The van der Waals surface area contributed by atoms with Crippen LogP contribution in [0.25, 0.3) is 0 Å². The van der Waals surface area contributed by atoms with Gasteiger partial charge in [-0.2, -0.15) is 0 Å². The summed E-state index contributed by atoms with van der Waals surface area (Å²) in [6.07, 6.45) is 2.72. The zero-order valence-electron chi connectivity index (χ0n) is 15.5. The van der Waals surface area contributed by atoms with Crippen LogP contribution in [0.5, 0.6) is 5.75 Å². The van der Waals surface area contributed by atoms with Gasteiger partial charge in [0.15, 0.2) is 0 Å². The average Bonchev–Trinajstić information content (AvgIpc) is 3.01. The normalized spacial score (nSPS) is 12.5. The molecule has 0 aliphatic rings. The molecule has 25 heavy (non-hydrogen) atoms. The van der Waals surface area contributed by atoms with Gasteiger partial charge in [-0.05, 0) is 43.2 Å². The second-order valence-corrected chi connectivity index (χ2v) is 6.41. The lowest BCUT2D eigenvalue weighted by Gasteiger charge is -2.24. The van der Waals surface area contributed by atoms with Gasteiger partial charge < -0.3 is 19.1 Å². The van der Waals surface area contributed by atoms with E-state index in [1.807, 2.05) is 19.1 Å². The second-order valence-electron chi connectivity index (χ2n) is 6.41. The van der Waals surface area contributed by atoms with E-state index in [2.05, 4.69) is 39.9 Å². The first-order chi connectivity index (χ1) is 12.1. The highest BCUT2D eigenvalue weighted by molar-refractivity contribution is 5.29. The van der Waals surface area contributed by atoms with E-state index >= 15 is 0 Å². The van der Waals surface area contributed by atoms with Crippen molar-refractivity contribution >= 4 is 0 Å². The van der Waals surface area contributed by atoms with Crippen LogP contribution in [0.4, 0.5) is 0 Å². The van der Waals surface area contributed by atoms with Crippen LogP contribution >= 0.6 is 0 Å². The zero-order valence-corrected chi connectivity index (χ0v) is 15.5. The maximum Gasteiger partial charge on any atom is 0.119 e. The third kappa shape index (κ3) is 6.53. The van der Waals surface area contributed by atoms with Crippen LogP contribution in [0.3, 0.4) is 0 Å². The molecule has 1 aromatic heterocycles. The van der Waals surface area contributed by atoms with Gasteiger partial charge in [-0.15, -0.1) is 0 Å². The summed E-state index contributed by atoms with van der Waals surface area (Å²) in [5, 5.41) is 9.78. The van der Waals surface area contributed by atoms with Crippen molar-refractivity contribution in [2.75, 3.05) is 33.9 Å². The zero-order chi connectivity index (χ0) is 18.1. The minimum absolute atomic E-state index is 0.343. The molecule has 0 saturated carbocycles. The van der Waals surface area contributed by atoms with Gasteiger partial charge in [0.1, 0.15) is 5.75 Å². The summed E-state index contributed by atoms with van der Waals surface area (Å²) < 4.78 is 12.7. The minimum atomic E-state index is -0.343. The number of aromatic nitrogens is 1. The second kappa shape index (κ2) is 10.2. The van der Waals surface area contributed by atoms with E-state index in [0.717, 1.165) is 38.4 Å². The van der Waals surface area contributed by atoms with Crippen molar-refractivity contribution in [1.29, 1.82) is 0 Å². The predicted octanol–water partition coefficient (Wildman–Crippen LogP) is 2.76. The number of benzene rings is 1. The molecule has 1 heterocycles. The summed E-state index contributed by atoms with van der Waals surface area (Å²) >= 11 is 0. The van der Waals surface area contributed by atoms with E-state index < -0.39 is 0 Å². The standard InChI is InChI=1S/C20H30N2O3/c1-17(23)14-21(10-6-12-24-2)16-19-8-5-11-22(19)15-18-7-4-9-20(13-18)25-3/h4-5,7-9,11,13,17,23H,6,10,12,14-16H2,1-3H3. The highest BCUT2D eigenvalue weighted by Crippen LogP contribution is 2.16. The first-order valence-corrected chi connectivity index (χ1v) is 8.78. The smallest absolute Gasteiger partial charge is 0.119 e. The molecule has 0 amide bonds. The van der Waals surface area contributed by atoms with E-state index in [1.54, 1.807) is 14.2 Å². The Morgan fingerprint density at radius 3 is 2.76 bits per heavy atom. The molecule has 1 aromatic carbocycles. The van der Waals surface area contributed by atoms with Gasteiger partial charge in [0.05, 0.1) is 13.2 Å². The molecule has 0 saturated heterocycles. The number of rotatable bonds is 11. The number of nitrogens with zero attached hydrogens (tertiary/aromatic N) is 2. The minimum Gasteiger partial charge on any atom is -0.497 e. The molecule has 138 valence electrons. The van der Waals surface area contributed by atoms with E-state index in [-0.39, 0.29) is 6.10 Å². The Balaban J connectivity index is 2.04. The van der Waals surface area contributed by atoms with Gasteiger partial charge >= 0.3 is 0 Å². The maximum atomic E-state index is 9.78. The summed E-state index contributed by atoms with van der Waals surface area (Å²) in [7, 11) is 3.41. The first-order valence-electron chi connectivity index (χ1n) is 8.78. The van der Waals surface area contributed by atoms with Crippen LogP contribution in [0, 0.1) is 0 Å². The van der Waals surface area contributed by atoms with Gasteiger partial charge in [0.2, 0.25) is 0 Å². The molecule has 1 unspecified atom stereocenters. The molecule has 2 aromatic rings.